The fourth-order valence-corrected chi connectivity index (χ4v) is 1.38. The van der Waals surface area contributed by atoms with E-state index in [9.17, 15) is 4.39 Å². The summed E-state index contributed by atoms with van der Waals surface area (Å²) in [6.07, 6.45) is 0. The number of halogens is 2. The minimum Gasteiger partial charge on any atom is -0.381 e. The molecule has 0 saturated heterocycles. The van der Waals surface area contributed by atoms with E-state index < -0.39 is 5.82 Å². The van der Waals surface area contributed by atoms with Crippen LogP contribution >= 0.6 is 11.6 Å². The van der Waals surface area contributed by atoms with E-state index in [4.69, 9.17) is 17.3 Å². The Morgan fingerprint density at radius 2 is 2.20 bits per heavy atom. The number of rotatable bonds is 1. The van der Waals surface area contributed by atoms with Crippen LogP contribution < -0.4 is 5.73 Å². The fraction of sp³-hybridized carbons (Fsp3) is 0.111. The lowest BCUT2D eigenvalue weighted by atomic mass is 10.3. The van der Waals surface area contributed by atoms with E-state index in [1.807, 2.05) is 0 Å². The highest BCUT2D eigenvalue weighted by Gasteiger charge is 2.11. The van der Waals surface area contributed by atoms with Gasteiger partial charge < -0.3 is 5.73 Å². The molecule has 4 nitrogen and oxygen atoms in total. The molecular weight excluding hydrogens is 219 g/mol. The number of hydrogen-bond acceptors (Lipinski definition) is 3. The molecular formula is C9H8ClFN4. The maximum absolute atomic E-state index is 13.5. The number of aromatic nitrogens is 3. The van der Waals surface area contributed by atoms with Gasteiger partial charge in [-0.2, -0.15) is 0 Å². The molecule has 2 N–H and O–H groups in total. The molecule has 2 rings (SSSR count). The second-order valence-corrected chi connectivity index (χ2v) is 3.50. The molecule has 0 amide bonds. The maximum atomic E-state index is 13.5. The Morgan fingerprint density at radius 3 is 2.73 bits per heavy atom. The quantitative estimate of drug-likeness (QED) is 0.809. The van der Waals surface area contributed by atoms with Crippen molar-refractivity contribution in [1.29, 1.82) is 0 Å². The van der Waals surface area contributed by atoms with Gasteiger partial charge in [-0.3, -0.25) is 0 Å². The molecule has 1 aromatic heterocycles. The van der Waals surface area contributed by atoms with Gasteiger partial charge in [-0.05, 0) is 25.1 Å². The molecule has 6 heteroatoms. The standard InChI is InChI=1S/C9H8ClFN4/c1-5-9(12)13-14-15(5)8-3-2-6(10)4-7(8)11/h2-4H,12H2,1H3. The first kappa shape index (κ1) is 9.92. The Morgan fingerprint density at radius 1 is 1.47 bits per heavy atom. The van der Waals surface area contributed by atoms with Gasteiger partial charge in [0.15, 0.2) is 5.82 Å². The van der Waals surface area contributed by atoms with E-state index in [1.54, 1.807) is 13.0 Å². The minimum atomic E-state index is -0.462. The largest absolute Gasteiger partial charge is 0.381 e. The van der Waals surface area contributed by atoms with Crippen molar-refractivity contribution in [1.82, 2.24) is 15.0 Å². The van der Waals surface area contributed by atoms with Crippen molar-refractivity contribution in [2.75, 3.05) is 5.73 Å². The molecule has 0 unspecified atom stereocenters. The first-order chi connectivity index (χ1) is 7.09. The summed E-state index contributed by atoms with van der Waals surface area (Å²) in [4.78, 5) is 0. The average molecular weight is 227 g/mol. The molecule has 1 aromatic carbocycles. The zero-order valence-electron chi connectivity index (χ0n) is 7.91. The van der Waals surface area contributed by atoms with Gasteiger partial charge in [-0.15, -0.1) is 5.10 Å². The predicted octanol–water partition coefficient (Wildman–Crippen LogP) is 1.95. The van der Waals surface area contributed by atoms with Gasteiger partial charge in [-0.1, -0.05) is 16.8 Å². The third-order valence-corrected chi connectivity index (χ3v) is 2.30. The van der Waals surface area contributed by atoms with E-state index >= 15 is 0 Å². The van der Waals surface area contributed by atoms with Crippen LogP contribution in [0.3, 0.4) is 0 Å². The molecule has 0 bridgehead atoms. The SMILES string of the molecule is Cc1c(N)nnn1-c1ccc(Cl)cc1F. The number of benzene rings is 1. The van der Waals surface area contributed by atoms with Gasteiger partial charge in [0, 0.05) is 5.02 Å². The first-order valence-electron chi connectivity index (χ1n) is 4.23. The van der Waals surface area contributed by atoms with E-state index in [0.717, 1.165) is 0 Å². The highest BCUT2D eigenvalue weighted by atomic mass is 35.5. The molecule has 0 atom stereocenters. The van der Waals surface area contributed by atoms with Gasteiger partial charge in [-0.25, -0.2) is 9.07 Å². The molecule has 78 valence electrons. The lowest BCUT2D eigenvalue weighted by Gasteiger charge is -2.04. The van der Waals surface area contributed by atoms with Crippen LogP contribution in [0.1, 0.15) is 5.69 Å². The van der Waals surface area contributed by atoms with E-state index in [0.29, 0.717) is 10.7 Å². The molecule has 2 aromatic rings. The fourth-order valence-electron chi connectivity index (χ4n) is 1.22. The Balaban J connectivity index is 2.59. The molecule has 0 fully saturated rings. The minimum absolute atomic E-state index is 0.279. The summed E-state index contributed by atoms with van der Waals surface area (Å²) in [6, 6.07) is 4.32. The highest BCUT2D eigenvalue weighted by molar-refractivity contribution is 6.30. The van der Waals surface area contributed by atoms with Crippen LogP contribution in [0, 0.1) is 12.7 Å². The average Bonchev–Trinajstić information content (AvgIpc) is 2.49. The molecule has 0 saturated carbocycles. The van der Waals surface area contributed by atoms with Crippen molar-refractivity contribution in [2.45, 2.75) is 6.92 Å². The van der Waals surface area contributed by atoms with Crippen molar-refractivity contribution in [3.8, 4) is 5.69 Å². The van der Waals surface area contributed by atoms with E-state index in [1.165, 1.54) is 16.8 Å². The zero-order chi connectivity index (χ0) is 11.0. The number of nitrogens with two attached hydrogens (primary N) is 1. The normalized spacial score (nSPS) is 10.6. The number of hydrogen-bond donors (Lipinski definition) is 1. The second-order valence-electron chi connectivity index (χ2n) is 3.07. The second kappa shape index (κ2) is 3.51. The lowest BCUT2D eigenvalue weighted by Crippen LogP contribution is -2.02. The van der Waals surface area contributed by atoms with Crippen molar-refractivity contribution in [3.63, 3.8) is 0 Å². The van der Waals surface area contributed by atoms with Crippen molar-refractivity contribution in [2.24, 2.45) is 0 Å². The zero-order valence-corrected chi connectivity index (χ0v) is 8.66. The van der Waals surface area contributed by atoms with Crippen LogP contribution in [0.15, 0.2) is 18.2 Å². The van der Waals surface area contributed by atoms with Crippen LogP contribution in [-0.4, -0.2) is 15.0 Å². The van der Waals surface area contributed by atoms with Crippen molar-refractivity contribution in [3.05, 3.63) is 34.7 Å². The Bertz CT molecular complexity index is 509. The lowest BCUT2D eigenvalue weighted by molar-refractivity contribution is 0.605. The van der Waals surface area contributed by atoms with Crippen LogP contribution in [0.25, 0.3) is 5.69 Å². The smallest absolute Gasteiger partial charge is 0.169 e. The number of nitrogens with zero attached hydrogens (tertiary/aromatic N) is 3. The topological polar surface area (TPSA) is 56.7 Å². The maximum Gasteiger partial charge on any atom is 0.169 e. The summed E-state index contributed by atoms with van der Waals surface area (Å²) in [7, 11) is 0. The summed E-state index contributed by atoms with van der Waals surface area (Å²) in [5.41, 5.74) is 6.39. The van der Waals surface area contributed by atoms with Gasteiger partial charge in [0.1, 0.15) is 11.5 Å². The first-order valence-corrected chi connectivity index (χ1v) is 4.60. The molecule has 0 radical (unpaired) electrons. The Kier molecular flexibility index (Phi) is 2.32. The Hall–Kier alpha value is -1.62. The monoisotopic (exact) mass is 226 g/mol. The molecule has 1 heterocycles. The highest BCUT2D eigenvalue weighted by Crippen LogP contribution is 2.19. The van der Waals surface area contributed by atoms with Crippen LogP contribution in [-0.2, 0) is 0 Å². The molecule has 0 aliphatic heterocycles. The van der Waals surface area contributed by atoms with Crippen LogP contribution in [0.5, 0.6) is 0 Å². The van der Waals surface area contributed by atoms with Crippen molar-refractivity contribution >= 4 is 17.4 Å². The summed E-state index contributed by atoms with van der Waals surface area (Å²) < 4.78 is 14.8. The van der Waals surface area contributed by atoms with Crippen LogP contribution in [0.4, 0.5) is 10.2 Å². The third-order valence-electron chi connectivity index (χ3n) is 2.07. The van der Waals surface area contributed by atoms with E-state index in [2.05, 4.69) is 10.3 Å². The van der Waals surface area contributed by atoms with Crippen LogP contribution in [0.2, 0.25) is 5.02 Å². The summed E-state index contributed by atoms with van der Waals surface area (Å²) in [5.74, 6) is -0.181. The summed E-state index contributed by atoms with van der Waals surface area (Å²) in [6.45, 7) is 1.71. The van der Waals surface area contributed by atoms with Gasteiger partial charge >= 0.3 is 0 Å². The Labute approximate surface area is 90.5 Å². The van der Waals surface area contributed by atoms with Crippen molar-refractivity contribution < 1.29 is 4.39 Å². The molecule has 0 aliphatic carbocycles. The van der Waals surface area contributed by atoms with Gasteiger partial charge in [0.25, 0.3) is 0 Å². The van der Waals surface area contributed by atoms with E-state index in [-0.39, 0.29) is 11.5 Å². The summed E-state index contributed by atoms with van der Waals surface area (Å²) >= 11 is 5.64. The molecule has 0 spiro atoms. The number of nitrogen functional groups attached to an aromatic ring is 1. The summed E-state index contributed by atoms with van der Waals surface area (Å²) in [5, 5.41) is 7.72. The third kappa shape index (κ3) is 1.66. The molecule has 15 heavy (non-hydrogen) atoms. The van der Waals surface area contributed by atoms with Gasteiger partial charge in [0.2, 0.25) is 0 Å². The predicted molar refractivity (Wildman–Crippen MR) is 55.5 cm³/mol. The van der Waals surface area contributed by atoms with Gasteiger partial charge in [0.05, 0.1) is 5.69 Å². The molecule has 0 aliphatic rings. The number of anilines is 1.